The molecule has 4 nitrogen and oxygen atoms in total. The number of hydrogen-bond donors (Lipinski definition) is 2. The zero-order valence-corrected chi connectivity index (χ0v) is 11.3. The number of aryl methyl sites for hydroxylation is 1. The van der Waals surface area contributed by atoms with Gasteiger partial charge in [0.1, 0.15) is 5.75 Å². The first-order valence-corrected chi connectivity index (χ1v) is 6.36. The number of ether oxygens (including phenoxy) is 1. The second-order valence-corrected chi connectivity index (χ2v) is 4.91. The minimum atomic E-state index is -1.71. The fraction of sp³-hybridized carbons (Fsp3) is 0.188. The van der Waals surface area contributed by atoms with Crippen molar-refractivity contribution < 1.29 is 14.6 Å². The van der Waals surface area contributed by atoms with Crippen LogP contribution < -0.4 is 10.1 Å². The van der Waals surface area contributed by atoms with E-state index in [1.165, 1.54) is 7.11 Å². The number of rotatable bonds is 2. The van der Waals surface area contributed by atoms with Gasteiger partial charge in [-0.2, -0.15) is 0 Å². The quantitative estimate of drug-likeness (QED) is 0.878. The highest BCUT2D eigenvalue weighted by Gasteiger charge is 2.48. The van der Waals surface area contributed by atoms with Gasteiger partial charge < -0.3 is 15.2 Å². The molecule has 0 radical (unpaired) electrons. The fourth-order valence-electron chi connectivity index (χ4n) is 2.61. The summed E-state index contributed by atoms with van der Waals surface area (Å²) in [5.74, 6) is 0.0297. The molecule has 0 bridgehead atoms. The van der Waals surface area contributed by atoms with E-state index in [0.717, 1.165) is 5.56 Å². The van der Waals surface area contributed by atoms with E-state index in [-0.39, 0.29) is 0 Å². The van der Waals surface area contributed by atoms with Gasteiger partial charge in [-0.15, -0.1) is 0 Å². The first kappa shape index (κ1) is 12.7. The summed E-state index contributed by atoms with van der Waals surface area (Å²) in [6, 6.07) is 12.5. The van der Waals surface area contributed by atoms with E-state index in [1.807, 2.05) is 19.1 Å². The van der Waals surface area contributed by atoms with Crippen LogP contribution in [-0.2, 0) is 10.4 Å². The lowest BCUT2D eigenvalue weighted by Gasteiger charge is -2.23. The van der Waals surface area contributed by atoms with Crippen molar-refractivity contribution in [3.8, 4) is 5.75 Å². The van der Waals surface area contributed by atoms with Crippen molar-refractivity contribution >= 4 is 11.6 Å². The summed E-state index contributed by atoms with van der Waals surface area (Å²) >= 11 is 0. The summed E-state index contributed by atoms with van der Waals surface area (Å²) in [7, 11) is 1.52. The molecule has 0 saturated carbocycles. The van der Waals surface area contributed by atoms with E-state index >= 15 is 0 Å². The summed E-state index contributed by atoms with van der Waals surface area (Å²) in [5.41, 5.74) is 0.910. The van der Waals surface area contributed by atoms with Crippen molar-refractivity contribution in [1.29, 1.82) is 0 Å². The molecule has 2 N–H and O–H groups in total. The molecule has 0 aromatic heterocycles. The van der Waals surface area contributed by atoms with Crippen LogP contribution in [0.3, 0.4) is 0 Å². The fourth-order valence-corrected chi connectivity index (χ4v) is 2.61. The Morgan fingerprint density at radius 2 is 1.90 bits per heavy atom. The average molecular weight is 269 g/mol. The SMILES string of the molecule is COc1ccccc1C1(O)C(=O)Nc2ccc(C)cc21. The molecule has 1 atom stereocenters. The van der Waals surface area contributed by atoms with Gasteiger partial charge in [-0.1, -0.05) is 35.9 Å². The number of benzene rings is 2. The van der Waals surface area contributed by atoms with Crippen LogP contribution in [-0.4, -0.2) is 18.1 Å². The Kier molecular flexibility index (Phi) is 2.76. The number of fused-ring (bicyclic) bond motifs is 1. The van der Waals surface area contributed by atoms with E-state index in [2.05, 4.69) is 5.32 Å². The molecule has 2 aromatic carbocycles. The first-order valence-electron chi connectivity index (χ1n) is 6.36. The van der Waals surface area contributed by atoms with Gasteiger partial charge in [-0.3, -0.25) is 4.79 Å². The lowest BCUT2D eigenvalue weighted by molar-refractivity contribution is -0.129. The summed E-state index contributed by atoms with van der Waals surface area (Å²) in [5, 5.41) is 13.7. The summed E-state index contributed by atoms with van der Waals surface area (Å²) < 4.78 is 5.28. The Balaban J connectivity index is 2.27. The highest BCUT2D eigenvalue weighted by Crippen LogP contribution is 2.44. The maximum absolute atomic E-state index is 12.3. The standard InChI is InChI=1S/C16H15NO3/c1-10-7-8-13-12(9-10)16(19,15(18)17-13)11-5-3-4-6-14(11)20-2/h3-9,19H,1-2H3,(H,17,18). The highest BCUT2D eigenvalue weighted by molar-refractivity contribution is 6.07. The summed E-state index contributed by atoms with van der Waals surface area (Å²) in [6.07, 6.45) is 0. The number of amides is 1. The summed E-state index contributed by atoms with van der Waals surface area (Å²) in [4.78, 5) is 12.3. The van der Waals surface area contributed by atoms with Crippen LogP contribution >= 0.6 is 0 Å². The molecule has 0 fully saturated rings. The van der Waals surface area contributed by atoms with Crippen LogP contribution in [0, 0.1) is 6.92 Å². The number of carbonyl (C=O) groups is 1. The number of aliphatic hydroxyl groups is 1. The van der Waals surface area contributed by atoms with E-state index in [1.54, 1.807) is 30.3 Å². The van der Waals surface area contributed by atoms with Crippen molar-refractivity contribution in [3.05, 3.63) is 59.2 Å². The molecule has 1 amide bonds. The van der Waals surface area contributed by atoms with E-state index < -0.39 is 11.5 Å². The molecule has 102 valence electrons. The summed E-state index contributed by atoms with van der Waals surface area (Å²) in [6.45, 7) is 1.92. The third-order valence-electron chi connectivity index (χ3n) is 3.64. The Bertz CT molecular complexity index is 696. The monoisotopic (exact) mass is 269 g/mol. The average Bonchev–Trinajstić information content (AvgIpc) is 2.72. The highest BCUT2D eigenvalue weighted by atomic mass is 16.5. The number of carbonyl (C=O) groups excluding carboxylic acids is 1. The van der Waals surface area contributed by atoms with Gasteiger partial charge in [0.25, 0.3) is 5.91 Å². The molecule has 0 aliphatic carbocycles. The van der Waals surface area contributed by atoms with Gasteiger partial charge in [0, 0.05) is 16.8 Å². The second-order valence-electron chi connectivity index (χ2n) is 4.91. The first-order chi connectivity index (χ1) is 9.57. The number of para-hydroxylation sites is 1. The number of nitrogens with one attached hydrogen (secondary N) is 1. The molecule has 1 aliphatic rings. The minimum absolute atomic E-state index is 0.448. The molecule has 2 aromatic rings. The van der Waals surface area contributed by atoms with Crippen LogP contribution in [0.4, 0.5) is 5.69 Å². The van der Waals surface area contributed by atoms with Gasteiger partial charge >= 0.3 is 0 Å². The van der Waals surface area contributed by atoms with Gasteiger partial charge in [-0.25, -0.2) is 0 Å². The van der Waals surface area contributed by atoms with E-state index in [9.17, 15) is 9.90 Å². The Morgan fingerprint density at radius 1 is 1.15 bits per heavy atom. The van der Waals surface area contributed by atoms with E-state index in [4.69, 9.17) is 4.74 Å². The van der Waals surface area contributed by atoms with Crippen LogP contribution in [0.1, 0.15) is 16.7 Å². The third-order valence-corrected chi connectivity index (χ3v) is 3.64. The van der Waals surface area contributed by atoms with Crippen LogP contribution in [0.5, 0.6) is 5.75 Å². The predicted molar refractivity (Wildman–Crippen MR) is 75.8 cm³/mol. The number of hydrogen-bond acceptors (Lipinski definition) is 3. The molecule has 1 unspecified atom stereocenters. The lowest BCUT2D eigenvalue weighted by Crippen LogP contribution is -2.35. The number of methoxy groups -OCH3 is 1. The molecule has 4 heteroatoms. The Morgan fingerprint density at radius 3 is 2.65 bits per heavy atom. The normalized spacial score (nSPS) is 20.4. The van der Waals surface area contributed by atoms with Gasteiger partial charge in [0.15, 0.2) is 5.60 Å². The topological polar surface area (TPSA) is 58.6 Å². The molecule has 1 heterocycles. The van der Waals surface area contributed by atoms with Crippen LogP contribution in [0.25, 0.3) is 0 Å². The van der Waals surface area contributed by atoms with Crippen molar-refractivity contribution in [2.24, 2.45) is 0 Å². The largest absolute Gasteiger partial charge is 0.496 e. The Labute approximate surface area is 117 Å². The molecule has 3 rings (SSSR count). The zero-order chi connectivity index (χ0) is 14.3. The van der Waals surface area contributed by atoms with Gasteiger partial charge in [0.2, 0.25) is 0 Å². The van der Waals surface area contributed by atoms with Crippen molar-refractivity contribution in [2.75, 3.05) is 12.4 Å². The molecule has 0 spiro atoms. The molecular formula is C16H15NO3. The second kappa shape index (κ2) is 4.35. The maximum atomic E-state index is 12.3. The minimum Gasteiger partial charge on any atom is -0.496 e. The molecule has 20 heavy (non-hydrogen) atoms. The van der Waals surface area contributed by atoms with Crippen molar-refractivity contribution in [2.45, 2.75) is 12.5 Å². The lowest BCUT2D eigenvalue weighted by atomic mass is 9.86. The van der Waals surface area contributed by atoms with Gasteiger partial charge in [0.05, 0.1) is 7.11 Å². The maximum Gasteiger partial charge on any atom is 0.266 e. The third kappa shape index (κ3) is 1.62. The van der Waals surface area contributed by atoms with Gasteiger partial charge in [-0.05, 0) is 19.1 Å². The van der Waals surface area contributed by atoms with Crippen molar-refractivity contribution in [3.63, 3.8) is 0 Å². The molecule has 0 saturated heterocycles. The predicted octanol–water partition coefficient (Wildman–Crippen LogP) is 2.19. The Hall–Kier alpha value is -2.33. The van der Waals surface area contributed by atoms with Crippen LogP contribution in [0.15, 0.2) is 42.5 Å². The smallest absolute Gasteiger partial charge is 0.266 e. The van der Waals surface area contributed by atoms with E-state index in [0.29, 0.717) is 22.6 Å². The number of anilines is 1. The zero-order valence-electron chi connectivity index (χ0n) is 11.3. The molecule has 1 aliphatic heterocycles. The molecular weight excluding hydrogens is 254 g/mol. The van der Waals surface area contributed by atoms with Crippen molar-refractivity contribution in [1.82, 2.24) is 0 Å². The van der Waals surface area contributed by atoms with Crippen LogP contribution in [0.2, 0.25) is 0 Å².